The quantitative estimate of drug-likeness (QED) is 0.445. The Hall–Kier alpha value is 0.540. The Morgan fingerprint density at radius 1 is 1.25 bits per heavy atom. The van der Waals surface area contributed by atoms with E-state index in [1.807, 2.05) is 0 Å². The molecule has 0 saturated heterocycles. The fourth-order valence-electron chi connectivity index (χ4n) is 0. The maximum atomic E-state index is 4.26. The normalized spacial score (nSPS) is 4.50. The maximum Gasteiger partial charge on any atom is 0.0832 e. The zero-order valence-corrected chi connectivity index (χ0v) is 3.18. The predicted molar refractivity (Wildman–Crippen MR) is 16.0 cm³/mol. The van der Waals surface area contributed by atoms with Crippen molar-refractivity contribution in [3.63, 3.8) is 0 Å². The van der Waals surface area contributed by atoms with Gasteiger partial charge in [0, 0.05) is 7.43 Å². The third-order valence-corrected chi connectivity index (χ3v) is 0. The number of rotatable bonds is 0. The van der Waals surface area contributed by atoms with Crippen LogP contribution in [0.1, 0.15) is 0 Å². The van der Waals surface area contributed by atoms with Crippen molar-refractivity contribution in [1.29, 1.82) is 0 Å². The summed E-state index contributed by atoms with van der Waals surface area (Å²) in [4.78, 5) is 0. The van der Waals surface area contributed by atoms with Crippen LogP contribution in [0.15, 0.2) is 0 Å². The van der Waals surface area contributed by atoms with E-state index in [1.165, 1.54) is 0 Å². The van der Waals surface area contributed by atoms with Crippen molar-refractivity contribution in [2.24, 2.45) is 0 Å². The van der Waals surface area contributed by atoms with E-state index in [1.54, 1.807) is 0 Å². The molecule has 4 radical (unpaired) electrons. The zero-order valence-electron chi connectivity index (χ0n) is 1.66. The lowest BCUT2D eigenvalue weighted by Gasteiger charge is -1.46. The molecule has 0 spiro atoms. The Kier molecular flexibility index (Phi) is 21.2. The van der Waals surface area contributed by atoms with Crippen LogP contribution in [0.5, 0.6) is 0 Å². The first-order chi connectivity index (χ1) is 1.41. The van der Waals surface area contributed by atoms with Crippen molar-refractivity contribution in [2.45, 2.75) is 0 Å². The first kappa shape index (κ1) is 8.82. The predicted octanol–water partition coefficient (Wildman–Crippen LogP) is 1.39. The molecule has 0 unspecified atom stereocenters. The molecule has 1 nitrogen and oxygen atoms in total. The molecule has 3 heteroatoms. The largest absolute Gasteiger partial charge is 0.166 e. The van der Waals surface area contributed by atoms with Gasteiger partial charge in [-0.1, -0.05) is 0 Å². The first-order valence-corrected chi connectivity index (χ1v) is 0.926. The molecule has 0 aromatic heterocycles. The van der Waals surface area contributed by atoms with Crippen LogP contribution in [0.2, 0.25) is 0 Å². The van der Waals surface area contributed by atoms with Crippen molar-refractivity contribution < 1.29 is 3.84 Å². The average molecular weight is 98.9 g/mol. The van der Waals surface area contributed by atoms with Gasteiger partial charge < -0.3 is 0 Å². The summed E-state index contributed by atoms with van der Waals surface area (Å²) < 4.78 is 3.19. The molecule has 0 amide bonds. The minimum Gasteiger partial charge on any atom is -0.166 e. The van der Waals surface area contributed by atoms with Gasteiger partial charge >= 0.3 is 0 Å². The van der Waals surface area contributed by atoms with E-state index in [2.05, 4.69) is 27.6 Å². The van der Waals surface area contributed by atoms with Crippen LogP contribution in [0.25, 0.3) is 0 Å². The van der Waals surface area contributed by atoms with Crippen LogP contribution in [-0.4, -0.2) is 0 Å². The Labute approximate surface area is 35.8 Å². The molecular formula is CCl2O. The molecule has 4 heavy (non-hydrogen) atoms. The second-order valence-electron chi connectivity index (χ2n) is 0.0583. The van der Waals surface area contributed by atoms with Gasteiger partial charge in [-0.2, -0.15) is 3.84 Å². The van der Waals surface area contributed by atoms with Crippen LogP contribution >= 0.6 is 23.7 Å². The van der Waals surface area contributed by atoms with Gasteiger partial charge in [-0.15, -0.1) is 0 Å². The molecule has 24 valence electrons. The molecule has 0 N–H and O–H groups in total. The van der Waals surface area contributed by atoms with Crippen molar-refractivity contribution in [1.82, 2.24) is 0 Å². The Balaban J connectivity index is 0. The lowest BCUT2D eigenvalue weighted by Crippen LogP contribution is -1.15. The van der Waals surface area contributed by atoms with Gasteiger partial charge in [-0.3, -0.25) is 0 Å². The molecule has 0 bridgehead atoms. The highest BCUT2D eigenvalue weighted by Gasteiger charge is 1.38. The summed E-state index contributed by atoms with van der Waals surface area (Å²) in [6, 6.07) is 0. The molecular weight excluding hydrogens is 98.9 g/mol. The molecule has 0 fully saturated rings. The van der Waals surface area contributed by atoms with Gasteiger partial charge in [0.15, 0.2) is 0 Å². The Bertz CT molecular complexity index is 6.00. The summed E-state index contributed by atoms with van der Waals surface area (Å²) in [6.45, 7) is 0. The highest BCUT2D eigenvalue weighted by molar-refractivity contribution is 6.24. The Morgan fingerprint density at radius 2 is 1.25 bits per heavy atom. The molecule has 0 aromatic carbocycles. The summed E-state index contributed by atoms with van der Waals surface area (Å²) in [5, 5.41) is 0. The summed E-state index contributed by atoms with van der Waals surface area (Å²) in [5.74, 6) is 0. The van der Waals surface area contributed by atoms with Gasteiger partial charge in [-0.25, -0.2) is 0 Å². The number of hydrogen-bond acceptors (Lipinski definition) is 1. The van der Waals surface area contributed by atoms with Crippen LogP contribution < -0.4 is 0 Å². The lowest BCUT2D eigenvalue weighted by molar-refractivity contribution is 0.697. The molecule has 0 saturated carbocycles. The van der Waals surface area contributed by atoms with Gasteiger partial charge in [0.2, 0.25) is 0 Å². The smallest absolute Gasteiger partial charge is 0.0832 e. The van der Waals surface area contributed by atoms with E-state index in [-0.39, 0.29) is 7.43 Å². The zero-order chi connectivity index (χ0) is 2.71. The summed E-state index contributed by atoms with van der Waals surface area (Å²) in [7, 11) is 0. The fraction of sp³-hybridized carbons (Fsp3) is 0. The van der Waals surface area contributed by atoms with E-state index in [4.69, 9.17) is 0 Å². The minimum atomic E-state index is 0. The fourth-order valence-corrected chi connectivity index (χ4v) is 0. The van der Waals surface area contributed by atoms with Gasteiger partial charge in [0.25, 0.3) is 0 Å². The summed E-state index contributed by atoms with van der Waals surface area (Å²) >= 11 is 8.53. The molecule has 0 aliphatic carbocycles. The van der Waals surface area contributed by atoms with E-state index in [9.17, 15) is 0 Å². The van der Waals surface area contributed by atoms with Crippen LogP contribution in [0, 0.1) is 7.43 Å². The minimum absolute atomic E-state index is 0. The second-order valence-corrected chi connectivity index (χ2v) is 0.525. The lowest BCUT2D eigenvalue weighted by atomic mass is 12.0. The number of halogens is 2. The highest BCUT2D eigenvalue weighted by atomic mass is 35.6. The SMILES string of the molecule is ClOCl.[C]. The molecule has 0 aromatic rings. The van der Waals surface area contributed by atoms with Crippen molar-refractivity contribution in [3.8, 4) is 0 Å². The van der Waals surface area contributed by atoms with E-state index >= 15 is 0 Å². The maximum absolute atomic E-state index is 4.26. The number of hydrogen-bond donors (Lipinski definition) is 0. The monoisotopic (exact) mass is 97.9 g/mol. The standard InChI is InChI=1S/C.Cl2O/c;1-3-2. The van der Waals surface area contributed by atoms with Crippen LogP contribution in [0.4, 0.5) is 0 Å². The molecule has 0 rings (SSSR count). The molecule has 0 heterocycles. The topological polar surface area (TPSA) is 9.23 Å². The van der Waals surface area contributed by atoms with E-state index in [0.29, 0.717) is 0 Å². The molecule has 0 aliphatic rings. The first-order valence-electron chi connectivity index (χ1n) is 0.309. The molecule has 0 aliphatic heterocycles. The van der Waals surface area contributed by atoms with E-state index in [0.717, 1.165) is 0 Å². The van der Waals surface area contributed by atoms with Crippen molar-refractivity contribution >= 4 is 23.7 Å². The Morgan fingerprint density at radius 3 is 1.25 bits per heavy atom. The van der Waals surface area contributed by atoms with Gasteiger partial charge in [-0.05, 0) is 0 Å². The summed E-state index contributed by atoms with van der Waals surface area (Å²) in [5.41, 5.74) is 0. The third-order valence-electron chi connectivity index (χ3n) is 0. The van der Waals surface area contributed by atoms with Crippen LogP contribution in [0.3, 0.4) is 0 Å². The van der Waals surface area contributed by atoms with Gasteiger partial charge in [0.1, 0.15) is 0 Å². The average Bonchev–Trinajstić information content (AvgIpc) is 0.918. The second kappa shape index (κ2) is 9.63. The highest BCUT2D eigenvalue weighted by Crippen LogP contribution is 1.78. The molecule has 0 atom stereocenters. The third kappa shape index (κ3) is 20.7. The van der Waals surface area contributed by atoms with Crippen LogP contribution in [-0.2, 0) is 3.84 Å². The van der Waals surface area contributed by atoms with Crippen molar-refractivity contribution in [3.05, 3.63) is 7.43 Å². The van der Waals surface area contributed by atoms with Crippen molar-refractivity contribution in [2.75, 3.05) is 0 Å². The van der Waals surface area contributed by atoms with E-state index < -0.39 is 0 Å². The summed E-state index contributed by atoms with van der Waals surface area (Å²) in [6.07, 6.45) is 0. The van der Waals surface area contributed by atoms with Gasteiger partial charge in [0.05, 0.1) is 23.7 Å².